The van der Waals surface area contributed by atoms with E-state index in [1.165, 1.54) is 11.6 Å². The van der Waals surface area contributed by atoms with Crippen LogP contribution in [0.5, 0.6) is 0 Å². The summed E-state index contributed by atoms with van der Waals surface area (Å²) in [4.78, 5) is 4.27. The zero-order valence-electron chi connectivity index (χ0n) is 11.4. The maximum Gasteiger partial charge on any atom is 0.126 e. The number of benzene rings is 1. The molecule has 0 aliphatic heterocycles. The topological polar surface area (TPSA) is 38.9 Å². The lowest BCUT2D eigenvalue weighted by Crippen LogP contribution is -2.11. The molecule has 0 saturated carbocycles. The van der Waals surface area contributed by atoms with Crippen molar-refractivity contribution in [2.24, 2.45) is 5.73 Å². The predicted octanol–water partition coefficient (Wildman–Crippen LogP) is 3.47. The summed E-state index contributed by atoms with van der Waals surface area (Å²) in [5.41, 5.74) is 9.97. The Hall–Kier alpha value is -1.74. The van der Waals surface area contributed by atoms with Crippen molar-refractivity contribution in [2.75, 3.05) is 0 Å². The average Bonchev–Trinajstić information content (AvgIpc) is 2.41. The van der Waals surface area contributed by atoms with E-state index in [2.05, 4.69) is 11.1 Å². The lowest BCUT2D eigenvalue weighted by molar-refractivity contribution is 0.610. The van der Waals surface area contributed by atoms with Gasteiger partial charge in [0.1, 0.15) is 5.82 Å². The Balaban J connectivity index is 1.98. The van der Waals surface area contributed by atoms with Gasteiger partial charge in [-0.25, -0.2) is 4.39 Å². The molecule has 2 rings (SSSR count). The van der Waals surface area contributed by atoms with Crippen LogP contribution in [-0.2, 0) is 6.42 Å². The van der Waals surface area contributed by atoms with E-state index in [4.69, 9.17) is 5.73 Å². The lowest BCUT2D eigenvalue weighted by Gasteiger charge is -2.13. The minimum atomic E-state index is -0.182. The third-order valence-corrected chi connectivity index (χ3v) is 3.33. The highest BCUT2D eigenvalue weighted by atomic mass is 19.1. The highest BCUT2D eigenvalue weighted by molar-refractivity contribution is 5.26. The second-order valence-electron chi connectivity index (χ2n) is 4.96. The molecule has 2 N–H and O–H groups in total. The van der Waals surface area contributed by atoms with E-state index in [1.807, 2.05) is 25.3 Å². The Morgan fingerprint density at radius 1 is 1.21 bits per heavy atom. The van der Waals surface area contributed by atoms with E-state index >= 15 is 0 Å². The fourth-order valence-corrected chi connectivity index (χ4v) is 2.03. The molecule has 2 nitrogen and oxygen atoms in total. The van der Waals surface area contributed by atoms with E-state index in [0.717, 1.165) is 24.1 Å². The molecule has 0 fully saturated rings. The van der Waals surface area contributed by atoms with Gasteiger partial charge < -0.3 is 5.73 Å². The van der Waals surface area contributed by atoms with Gasteiger partial charge >= 0.3 is 0 Å². The second-order valence-corrected chi connectivity index (χ2v) is 4.96. The molecule has 0 radical (unpaired) electrons. The zero-order chi connectivity index (χ0) is 13.8. The Bertz CT molecular complexity index is 549. The Kier molecular flexibility index (Phi) is 4.27. The number of nitrogens with two attached hydrogens (primary N) is 1. The van der Waals surface area contributed by atoms with Crippen LogP contribution in [0.3, 0.4) is 0 Å². The second kappa shape index (κ2) is 5.93. The van der Waals surface area contributed by atoms with E-state index < -0.39 is 0 Å². The zero-order valence-corrected chi connectivity index (χ0v) is 11.4. The fraction of sp³-hybridized carbons (Fsp3) is 0.312. The molecule has 0 unspecified atom stereocenters. The third kappa shape index (κ3) is 3.61. The van der Waals surface area contributed by atoms with Gasteiger partial charge in [0, 0.05) is 17.9 Å². The molecule has 0 aliphatic rings. The van der Waals surface area contributed by atoms with Crippen molar-refractivity contribution in [2.45, 2.75) is 32.7 Å². The number of hydrogen-bond donors (Lipinski definition) is 1. The molecule has 0 amide bonds. The van der Waals surface area contributed by atoms with Gasteiger partial charge in [-0.05, 0) is 55.5 Å². The van der Waals surface area contributed by atoms with Crippen molar-refractivity contribution in [3.8, 4) is 0 Å². The van der Waals surface area contributed by atoms with Gasteiger partial charge in [-0.1, -0.05) is 18.2 Å². The smallest absolute Gasteiger partial charge is 0.126 e. The first-order valence-corrected chi connectivity index (χ1v) is 6.49. The minimum absolute atomic E-state index is 0.0689. The molecule has 0 spiro atoms. The minimum Gasteiger partial charge on any atom is -0.324 e. The van der Waals surface area contributed by atoms with Crippen molar-refractivity contribution in [3.05, 3.63) is 64.7 Å². The number of aryl methyl sites for hydroxylation is 3. The highest BCUT2D eigenvalue weighted by Crippen LogP contribution is 2.19. The normalized spacial score (nSPS) is 12.4. The summed E-state index contributed by atoms with van der Waals surface area (Å²) in [5, 5.41) is 0. The van der Waals surface area contributed by atoms with Crippen molar-refractivity contribution >= 4 is 0 Å². The van der Waals surface area contributed by atoms with Gasteiger partial charge in [-0.2, -0.15) is 0 Å². The Morgan fingerprint density at radius 2 is 2.00 bits per heavy atom. The van der Waals surface area contributed by atoms with Crippen LogP contribution in [0.4, 0.5) is 4.39 Å². The fourth-order valence-electron chi connectivity index (χ4n) is 2.03. The van der Waals surface area contributed by atoms with Crippen molar-refractivity contribution in [1.29, 1.82) is 0 Å². The predicted molar refractivity (Wildman–Crippen MR) is 75.4 cm³/mol. The van der Waals surface area contributed by atoms with E-state index in [1.54, 1.807) is 13.0 Å². The summed E-state index contributed by atoms with van der Waals surface area (Å²) in [6, 6.07) is 9.08. The molecule has 100 valence electrons. The van der Waals surface area contributed by atoms with Crippen LogP contribution in [0.25, 0.3) is 0 Å². The van der Waals surface area contributed by atoms with E-state index in [9.17, 15) is 4.39 Å². The van der Waals surface area contributed by atoms with E-state index in [0.29, 0.717) is 5.56 Å². The average molecular weight is 258 g/mol. The molecule has 19 heavy (non-hydrogen) atoms. The molecular weight excluding hydrogens is 239 g/mol. The third-order valence-electron chi connectivity index (χ3n) is 3.33. The summed E-state index contributed by atoms with van der Waals surface area (Å²) in [7, 11) is 0. The number of pyridine rings is 1. The monoisotopic (exact) mass is 258 g/mol. The van der Waals surface area contributed by atoms with Crippen LogP contribution in [0.2, 0.25) is 0 Å². The molecule has 0 aliphatic carbocycles. The summed E-state index contributed by atoms with van der Waals surface area (Å²) in [5.74, 6) is -0.182. The first-order valence-electron chi connectivity index (χ1n) is 6.49. The largest absolute Gasteiger partial charge is 0.324 e. The molecule has 1 aromatic heterocycles. The standard InChI is InChI=1S/C16H19FN2/c1-11-9-14(6-7-15(11)17)16(18)8-5-13-4-3-12(2)19-10-13/h3-4,6-7,9-10,16H,5,8,18H2,1-2H3/t16-/m0/s1. The lowest BCUT2D eigenvalue weighted by atomic mass is 9.99. The van der Waals surface area contributed by atoms with Crippen LogP contribution < -0.4 is 5.73 Å². The maximum absolute atomic E-state index is 13.2. The molecule has 0 bridgehead atoms. The highest BCUT2D eigenvalue weighted by Gasteiger charge is 2.08. The summed E-state index contributed by atoms with van der Waals surface area (Å²) >= 11 is 0. The van der Waals surface area contributed by atoms with Crippen LogP contribution >= 0.6 is 0 Å². The quantitative estimate of drug-likeness (QED) is 0.912. The summed E-state index contributed by atoms with van der Waals surface area (Å²) in [6.45, 7) is 3.73. The van der Waals surface area contributed by atoms with Crippen molar-refractivity contribution in [1.82, 2.24) is 4.98 Å². The summed E-state index contributed by atoms with van der Waals surface area (Å²) < 4.78 is 13.2. The van der Waals surface area contributed by atoms with Gasteiger partial charge in [0.15, 0.2) is 0 Å². The molecule has 2 aromatic rings. The number of hydrogen-bond acceptors (Lipinski definition) is 2. The Labute approximate surface area is 113 Å². The number of halogens is 1. The molecule has 0 saturated heterocycles. The first-order chi connectivity index (χ1) is 9.06. The SMILES string of the molecule is Cc1ccc(CC[C@H](N)c2ccc(F)c(C)c2)cn1. The molecule has 1 aromatic carbocycles. The van der Waals surface area contributed by atoms with Crippen LogP contribution in [0, 0.1) is 19.7 Å². The van der Waals surface area contributed by atoms with Crippen LogP contribution in [-0.4, -0.2) is 4.98 Å². The van der Waals surface area contributed by atoms with Gasteiger partial charge in [-0.3, -0.25) is 4.98 Å². The number of aromatic nitrogens is 1. The molecule has 1 atom stereocenters. The molecular formula is C16H19FN2. The van der Waals surface area contributed by atoms with Crippen LogP contribution in [0.1, 0.15) is 34.8 Å². The van der Waals surface area contributed by atoms with E-state index in [-0.39, 0.29) is 11.9 Å². The first kappa shape index (κ1) is 13.7. The maximum atomic E-state index is 13.2. The van der Waals surface area contributed by atoms with Gasteiger partial charge in [-0.15, -0.1) is 0 Å². The summed E-state index contributed by atoms with van der Waals surface area (Å²) in [6.07, 6.45) is 3.60. The Morgan fingerprint density at radius 3 is 2.63 bits per heavy atom. The van der Waals surface area contributed by atoms with Gasteiger partial charge in [0.25, 0.3) is 0 Å². The van der Waals surface area contributed by atoms with Gasteiger partial charge in [0.2, 0.25) is 0 Å². The van der Waals surface area contributed by atoms with Crippen molar-refractivity contribution in [3.63, 3.8) is 0 Å². The molecule has 1 heterocycles. The van der Waals surface area contributed by atoms with Gasteiger partial charge in [0.05, 0.1) is 0 Å². The number of nitrogens with zero attached hydrogens (tertiary/aromatic N) is 1. The molecule has 3 heteroatoms. The van der Waals surface area contributed by atoms with Crippen LogP contribution in [0.15, 0.2) is 36.5 Å². The van der Waals surface area contributed by atoms with Crippen molar-refractivity contribution < 1.29 is 4.39 Å². The number of rotatable bonds is 4.